The molecule has 1 fully saturated rings. The average Bonchev–Trinajstić information content (AvgIpc) is 3.11. The van der Waals surface area contributed by atoms with Crippen LogP contribution >= 0.6 is 0 Å². The second kappa shape index (κ2) is 5.20. The van der Waals surface area contributed by atoms with Crippen molar-refractivity contribution in [2.24, 2.45) is 0 Å². The summed E-state index contributed by atoms with van der Waals surface area (Å²) in [6.07, 6.45) is 3.31. The van der Waals surface area contributed by atoms with Gasteiger partial charge in [0, 0.05) is 6.04 Å². The van der Waals surface area contributed by atoms with Crippen LogP contribution < -0.4 is 5.73 Å². The molecule has 1 heterocycles. The lowest BCUT2D eigenvalue weighted by atomic mass is 10.2. The van der Waals surface area contributed by atoms with Crippen molar-refractivity contribution in [3.8, 4) is 0 Å². The molecule has 21 heavy (non-hydrogen) atoms. The van der Waals surface area contributed by atoms with Crippen molar-refractivity contribution in [2.45, 2.75) is 37.2 Å². The van der Waals surface area contributed by atoms with Crippen LogP contribution in [-0.4, -0.2) is 18.8 Å². The molecule has 1 aromatic carbocycles. The standard InChI is InChI=1S/C15H18N2O3S/c1-11-4-2-6-14(16)15(11)21(18,19)17(12-7-8-12)10-13-5-3-9-20-13/h2-6,9,12H,7-8,10,16H2,1H3. The van der Waals surface area contributed by atoms with Crippen LogP contribution in [0.2, 0.25) is 0 Å². The lowest BCUT2D eigenvalue weighted by Gasteiger charge is -2.22. The van der Waals surface area contributed by atoms with E-state index in [1.807, 2.05) is 0 Å². The van der Waals surface area contributed by atoms with E-state index in [1.54, 1.807) is 43.5 Å². The Bertz CT molecular complexity index is 714. The van der Waals surface area contributed by atoms with E-state index >= 15 is 0 Å². The van der Waals surface area contributed by atoms with E-state index < -0.39 is 10.0 Å². The minimum Gasteiger partial charge on any atom is -0.468 e. The van der Waals surface area contributed by atoms with E-state index in [0.717, 1.165) is 12.8 Å². The molecule has 0 saturated heterocycles. The fraction of sp³-hybridized carbons (Fsp3) is 0.333. The maximum Gasteiger partial charge on any atom is 0.246 e. The number of anilines is 1. The number of nitrogens with two attached hydrogens (primary N) is 1. The van der Waals surface area contributed by atoms with Crippen LogP contribution in [0.4, 0.5) is 5.69 Å². The van der Waals surface area contributed by atoms with Crippen molar-refractivity contribution >= 4 is 15.7 Å². The van der Waals surface area contributed by atoms with Crippen LogP contribution in [0.1, 0.15) is 24.2 Å². The van der Waals surface area contributed by atoms with E-state index in [-0.39, 0.29) is 17.5 Å². The van der Waals surface area contributed by atoms with Gasteiger partial charge in [0.1, 0.15) is 10.7 Å². The molecular weight excluding hydrogens is 288 g/mol. The fourth-order valence-corrected chi connectivity index (χ4v) is 4.45. The third-order valence-electron chi connectivity index (χ3n) is 3.65. The number of aryl methyl sites for hydroxylation is 1. The van der Waals surface area contributed by atoms with Gasteiger partial charge in [-0.05, 0) is 43.5 Å². The summed E-state index contributed by atoms with van der Waals surface area (Å²) in [5.41, 5.74) is 6.87. The first-order valence-corrected chi connectivity index (χ1v) is 8.33. The van der Waals surface area contributed by atoms with Crippen LogP contribution in [0.3, 0.4) is 0 Å². The van der Waals surface area contributed by atoms with Crippen molar-refractivity contribution < 1.29 is 12.8 Å². The summed E-state index contributed by atoms with van der Waals surface area (Å²) in [4.78, 5) is 0.212. The summed E-state index contributed by atoms with van der Waals surface area (Å²) in [5, 5.41) is 0. The number of hydrogen-bond acceptors (Lipinski definition) is 4. The predicted molar refractivity (Wildman–Crippen MR) is 80.1 cm³/mol. The molecule has 1 saturated carbocycles. The summed E-state index contributed by atoms with van der Waals surface area (Å²) in [5.74, 6) is 0.637. The summed E-state index contributed by atoms with van der Waals surface area (Å²) in [7, 11) is -3.63. The first kappa shape index (κ1) is 14.2. The minimum atomic E-state index is -3.63. The zero-order valence-electron chi connectivity index (χ0n) is 11.8. The predicted octanol–water partition coefficient (Wildman–Crippen LogP) is 2.52. The van der Waals surface area contributed by atoms with E-state index in [2.05, 4.69) is 0 Å². The number of hydrogen-bond donors (Lipinski definition) is 1. The molecule has 0 radical (unpaired) electrons. The maximum atomic E-state index is 13.0. The lowest BCUT2D eigenvalue weighted by molar-refractivity contribution is 0.356. The summed E-state index contributed by atoms with van der Waals surface area (Å²) in [6.45, 7) is 2.01. The van der Waals surface area contributed by atoms with Gasteiger partial charge in [-0.1, -0.05) is 12.1 Å². The van der Waals surface area contributed by atoms with Gasteiger partial charge in [-0.25, -0.2) is 8.42 Å². The molecule has 2 aromatic rings. The van der Waals surface area contributed by atoms with Gasteiger partial charge < -0.3 is 10.2 Å². The second-order valence-electron chi connectivity index (χ2n) is 5.35. The Morgan fingerprint density at radius 1 is 1.29 bits per heavy atom. The molecule has 1 aliphatic carbocycles. The molecule has 0 bridgehead atoms. The van der Waals surface area contributed by atoms with Crippen molar-refractivity contribution in [3.05, 3.63) is 47.9 Å². The van der Waals surface area contributed by atoms with Crippen LogP contribution in [0.25, 0.3) is 0 Å². The second-order valence-corrected chi connectivity index (χ2v) is 7.18. The molecule has 0 atom stereocenters. The van der Waals surface area contributed by atoms with Gasteiger partial charge in [0.25, 0.3) is 0 Å². The highest BCUT2D eigenvalue weighted by atomic mass is 32.2. The Balaban J connectivity index is 2.01. The van der Waals surface area contributed by atoms with Gasteiger partial charge in [0.05, 0.1) is 18.5 Å². The van der Waals surface area contributed by atoms with Gasteiger partial charge >= 0.3 is 0 Å². The normalized spacial score (nSPS) is 15.5. The van der Waals surface area contributed by atoms with E-state index in [0.29, 0.717) is 17.0 Å². The number of benzene rings is 1. The van der Waals surface area contributed by atoms with Crippen LogP contribution in [-0.2, 0) is 16.6 Å². The molecule has 112 valence electrons. The third kappa shape index (κ3) is 2.69. The molecule has 0 aliphatic heterocycles. The highest BCUT2D eigenvalue weighted by molar-refractivity contribution is 7.89. The molecular formula is C15H18N2O3S. The maximum absolute atomic E-state index is 13.0. The zero-order valence-corrected chi connectivity index (χ0v) is 12.6. The molecule has 0 unspecified atom stereocenters. The van der Waals surface area contributed by atoms with Crippen molar-refractivity contribution in [1.29, 1.82) is 0 Å². The van der Waals surface area contributed by atoms with E-state index in [1.165, 1.54) is 4.31 Å². The Labute approximate surface area is 124 Å². The molecule has 1 aliphatic rings. The van der Waals surface area contributed by atoms with Crippen molar-refractivity contribution in [1.82, 2.24) is 4.31 Å². The molecule has 6 heteroatoms. The van der Waals surface area contributed by atoms with Crippen molar-refractivity contribution in [3.63, 3.8) is 0 Å². The number of rotatable bonds is 5. The summed E-state index contributed by atoms with van der Waals surface area (Å²) < 4.78 is 32.8. The highest BCUT2D eigenvalue weighted by Gasteiger charge is 2.39. The molecule has 5 nitrogen and oxygen atoms in total. The SMILES string of the molecule is Cc1cccc(N)c1S(=O)(=O)N(Cc1ccco1)C1CC1. The Kier molecular flexibility index (Phi) is 3.51. The quantitative estimate of drug-likeness (QED) is 0.861. The average molecular weight is 306 g/mol. The van der Waals surface area contributed by atoms with Gasteiger partial charge in [-0.2, -0.15) is 4.31 Å². The number of nitrogens with zero attached hydrogens (tertiary/aromatic N) is 1. The Hall–Kier alpha value is -1.79. The first-order chi connectivity index (χ1) is 10.00. The minimum absolute atomic E-state index is 0.0408. The lowest BCUT2D eigenvalue weighted by Crippen LogP contribution is -2.33. The van der Waals surface area contributed by atoms with Crippen LogP contribution in [0.5, 0.6) is 0 Å². The van der Waals surface area contributed by atoms with Gasteiger partial charge in [-0.15, -0.1) is 0 Å². The third-order valence-corrected chi connectivity index (χ3v) is 5.77. The van der Waals surface area contributed by atoms with Crippen molar-refractivity contribution in [2.75, 3.05) is 5.73 Å². The first-order valence-electron chi connectivity index (χ1n) is 6.89. The molecule has 2 N–H and O–H groups in total. The van der Waals surface area contributed by atoms with Crippen LogP contribution in [0.15, 0.2) is 45.9 Å². The monoisotopic (exact) mass is 306 g/mol. The topological polar surface area (TPSA) is 76.5 Å². The largest absolute Gasteiger partial charge is 0.468 e. The smallest absolute Gasteiger partial charge is 0.246 e. The van der Waals surface area contributed by atoms with Gasteiger partial charge in [0.2, 0.25) is 10.0 Å². The Morgan fingerprint density at radius 3 is 2.62 bits per heavy atom. The number of sulfonamides is 1. The molecule has 3 rings (SSSR count). The summed E-state index contributed by atoms with van der Waals surface area (Å²) >= 11 is 0. The zero-order chi connectivity index (χ0) is 15.0. The fourth-order valence-electron chi connectivity index (χ4n) is 2.47. The molecule has 0 spiro atoms. The number of furan rings is 1. The van der Waals surface area contributed by atoms with Gasteiger partial charge in [-0.3, -0.25) is 0 Å². The highest BCUT2D eigenvalue weighted by Crippen LogP contribution is 2.36. The van der Waals surface area contributed by atoms with E-state index in [4.69, 9.17) is 10.2 Å². The van der Waals surface area contributed by atoms with Gasteiger partial charge in [0.15, 0.2) is 0 Å². The molecule has 0 amide bonds. The number of nitrogen functional groups attached to an aromatic ring is 1. The van der Waals surface area contributed by atoms with Crippen LogP contribution in [0, 0.1) is 6.92 Å². The Morgan fingerprint density at radius 2 is 2.05 bits per heavy atom. The summed E-state index contributed by atoms with van der Waals surface area (Å²) in [6, 6.07) is 8.73. The van der Waals surface area contributed by atoms with E-state index in [9.17, 15) is 8.42 Å². The molecule has 1 aromatic heterocycles.